The Hall–Kier alpha value is -1.59. The second kappa shape index (κ2) is 3.21. The van der Waals surface area contributed by atoms with Gasteiger partial charge in [0.1, 0.15) is 12.9 Å². The lowest BCUT2D eigenvalue weighted by atomic mass is 10.6. The maximum absolute atomic E-state index is 11.1. The van der Waals surface area contributed by atoms with Crippen LogP contribution >= 0.6 is 0 Å². The molecule has 0 saturated heterocycles. The zero-order valence-corrected chi connectivity index (χ0v) is 6.94. The number of carbonyl (C=O) groups excluding carboxylic acids is 1. The van der Waals surface area contributed by atoms with E-state index in [1.54, 1.807) is 0 Å². The fraction of sp³-hybridized carbons (Fsp3) is 0.500. The molecule has 6 nitrogen and oxygen atoms in total. The minimum Gasteiger partial charge on any atom is -0.358 e. The van der Waals surface area contributed by atoms with Gasteiger partial charge in [-0.1, -0.05) is 0 Å². The van der Waals surface area contributed by atoms with E-state index in [2.05, 4.69) is 10.4 Å². The normalized spacial score (nSPS) is 9.83. The van der Waals surface area contributed by atoms with Gasteiger partial charge in [-0.2, -0.15) is 5.10 Å². The van der Waals surface area contributed by atoms with E-state index in [0.29, 0.717) is 0 Å². The maximum Gasteiger partial charge on any atom is 0.345 e. The van der Waals surface area contributed by atoms with Crippen molar-refractivity contribution < 1.29 is 4.79 Å². The molecule has 1 rings (SSSR count). The van der Waals surface area contributed by atoms with Crippen molar-refractivity contribution in [2.45, 2.75) is 6.54 Å². The first-order chi connectivity index (χ1) is 5.65. The van der Waals surface area contributed by atoms with Crippen molar-refractivity contribution in [1.82, 2.24) is 19.7 Å². The molecule has 1 aromatic rings. The molecule has 1 amide bonds. The van der Waals surface area contributed by atoms with E-state index in [0.717, 1.165) is 0 Å². The highest BCUT2D eigenvalue weighted by Gasteiger charge is 2.04. The predicted octanol–water partition coefficient (Wildman–Crippen LogP) is -1.67. The van der Waals surface area contributed by atoms with Gasteiger partial charge >= 0.3 is 5.69 Å². The quantitative estimate of drug-likeness (QED) is 0.577. The number of carbonyl (C=O) groups is 1. The molecule has 0 aliphatic heterocycles. The monoisotopic (exact) mass is 170 g/mol. The number of hydrogen-bond donors (Lipinski definition) is 1. The van der Waals surface area contributed by atoms with E-state index >= 15 is 0 Å². The summed E-state index contributed by atoms with van der Waals surface area (Å²) in [7, 11) is 3.05. The SMILES string of the molecule is CNC(=O)Cn1cnn(C)c1=O. The zero-order valence-electron chi connectivity index (χ0n) is 6.94. The van der Waals surface area contributed by atoms with Crippen LogP contribution < -0.4 is 11.0 Å². The molecule has 0 aliphatic carbocycles. The van der Waals surface area contributed by atoms with E-state index in [9.17, 15) is 9.59 Å². The summed E-state index contributed by atoms with van der Waals surface area (Å²) in [6, 6.07) is 0. The summed E-state index contributed by atoms with van der Waals surface area (Å²) in [4.78, 5) is 21.9. The summed E-state index contributed by atoms with van der Waals surface area (Å²) >= 11 is 0. The van der Waals surface area contributed by atoms with Crippen molar-refractivity contribution in [3.8, 4) is 0 Å². The van der Waals surface area contributed by atoms with Crippen molar-refractivity contribution in [3.63, 3.8) is 0 Å². The zero-order chi connectivity index (χ0) is 9.14. The van der Waals surface area contributed by atoms with Crippen LogP contribution in [0.15, 0.2) is 11.1 Å². The van der Waals surface area contributed by atoms with E-state index < -0.39 is 0 Å². The molecule has 0 bridgehead atoms. The Labute approximate surface area is 68.8 Å². The summed E-state index contributed by atoms with van der Waals surface area (Å²) < 4.78 is 2.40. The van der Waals surface area contributed by atoms with Gasteiger partial charge in [-0.15, -0.1) is 0 Å². The standard InChI is InChI=1S/C6H10N4O2/c1-7-5(11)3-10-4-8-9(2)6(10)12/h4H,3H2,1-2H3,(H,7,11). The van der Waals surface area contributed by atoms with Gasteiger partial charge in [0.2, 0.25) is 5.91 Å². The summed E-state index contributed by atoms with van der Waals surface area (Å²) in [6.07, 6.45) is 1.33. The Balaban J connectivity index is 2.83. The van der Waals surface area contributed by atoms with Crippen molar-refractivity contribution in [1.29, 1.82) is 0 Å². The molecule has 0 spiro atoms. The number of amides is 1. The Kier molecular flexibility index (Phi) is 2.27. The number of nitrogens with zero attached hydrogens (tertiary/aromatic N) is 3. The topological polar surface area (TPSA) is 68.9 Å². The highest BCUT2D eigenvalue weighted by molar-refractivity contribution is 5.75. The minimum atomic E-state index is -0.293. The molecule has 0 atom stereocenters. The molecule has 66 valence electrons. The van der Waals surface area contributed by atoms with Crippen molar-refractivity contribution in [2.24, 2.45) is 7.05 Å². The molecule has 0 radical (unpaired) electrons. The van der Waals surface area contributed by atoms with Crippen LogP contribution in [0.5, 0.6) is 0 Å². The molecule has 1 N–H and O–H groups in total. The van der Waals surface area contributed by atoms with E-state index in [-0.39, 0.29) is 18.1 Å². The van der Waals surface area contributed by atoms with E-state index in [1.807, 2.05) is 0 Å². The van der Waals surface area contributed by atoms with Gasteiger partial charge in [0.05, 0.1) is 0 Å². The van der Waals surface area contributed by atoms with Crippen LogP contribution in [0, 0.1) is 0 Å². The van der Waals surface area contributed by atoms with Gasteiger partial charge in [0.25, 0.3) is 0 Å². The van der Waals surface area contributed by atoms with Gasteiger partial charge in [-0.25, -0.2) is 9.48 Å². The van der Waals surface area contributed by atoms with Crippen LogP contribution in [0.2, 0.25) is 0 Å². The Morgan fingerprint density at radius 2 is 2.42 bits per heavy atom. The first-order valence-electron chi connectivity index (χ1n) is 3.44. The molecule has 0 saturated carbocycles. The third-order valence-electron chi connectivity index (χ3n) is 1.48. The fourth-order valence-electron chi connectivity index (χ4n) is 0.767. The third kappa shape index (κ3) is 1.52. The Morgan fingerprint density at radius 1 is 1.75 bits per heavy atom. The minimum absolute atomic E-state index is 0.0170. The van der Waals surface area contributed by atoms with Crippen LogP contribution in [0.4, 0.5) is 0 Å². The highest BCUT2D eigenvalue weighted by Crippen LogP contribution is 1.77. The number of likely N-dealkylation sites (N-methyl/N-ethyl adjacent to an activating group) is 1. The molecule has 0 fully saturated rings. The molecular weight excluding hydrogens is 160 g/mol. The molecule has 6 heteroatoms. The summed E-state index contributed by atoms with van der Waals surface area (Å²) in [6.45, 7) is 0.0170. The highest BCUT2D eigenvalue weighted by atomic mass is 16.2. The average Bonchev–Trinajstić information content (AvgIpc) is 2.36. The number of rotatable bonds is 2. The maximum atomic E-state index is 11.1. The van der Waals surface area contributed by atoms with E-state index in [1.165, 1.54) is 29.7 Å². The molecule has 0 aliphatic rings. The summed E-state index contributed by atoms with van der Waals surface area (Å²) in [5.74, 6) is -0.217. The van der Waals surface area contributed by atoms with Crippen LogP contribution in [-0.4, -0.2) is 27.3 Å². The average molecular weight is 170 g/mol. The number of aryl methyl sites for hydroxylation is 1. The molecule has 12 heavy (non-hydrogen) atoms. The largest absolute Gasteiger partial charge is 0.358 e. The van der Waals surface area contributed by atoms with Crippen LogP contribution in [-0.2, 0) is 18.4 Å². The smallest absolute Gasteiger partial charge is 0.345 e. The lowest BCUT2D eigenvalue weighted by molar-refractivity contribution is -0.121. The van der Waals surface area contributed by atoms with Gasteiger partial charge in [0.15, 0.2) is 0 Å². The Bertz CT molecular complexity index is 338. The second-order valence-electron chi connectivity index (χ2n) is 2.34. The summed E-state index contributed by atoms with van der Waals surface area (Å²) in [5, 5.41) is 6.10. The van der Waals surface area contributed by atoms with Gasteiger partial charge < -0.3 is 5.32 Å². The number of nitrogens with one attached hydrogen (secondary N) is 1. The van der Waals surface area contributed by atoms with Crippen LogP contribution in [0.1, 0.15) is 0 Å². The number of aromatic nitrogens is 3. The molecule has 0 aromatic carbocycles. The van der Waals surface area contributed by atoms with Crippen molar-refractivity contribution in [3.05, 3.63) is 16.8 Å². The first-order valence-corrected chi connectivity index (χ1v) is 3.44. The predicted molar refractivity (Wildman–Crippen MR) is 41.5 cm³/mol. The lowest BCUT2D eigenvalue weighted by Gasteiger charge is -1.97. The molecular formula is C6H10N4O2. The van der Waals surface area contributed by atoms with Crippen LogP contribution in [0.25, 0.3) is 0 Å². The molecule has 1 heterocycles. The first kappa shape index (κ1) is 8.51. The van der Waals surface area contributed by atoms with Gasteiger partial charge in [0, 0.05) is 14.1 Å². The van der Waals surface area contributed by atoms with Crippen molar-refractivity contribution >= 4 is 5.91 Å². The van der Waals surface area contributed by atoms with E-state index in [4.69, 9.17) is 0 Å². The van der Waals surface area contributed by atoms with Gasteiger partial charge in [-0.3, -0.25) is 9.36 Å². The van der Waals surface area contributed by atoms with Crippen molar-refractivity contribution in [2.75, 3.05) is 7.05 Å². The van der Waals surface area contributed by atoms with Crippen LogP contribution in [0.3, 0.4) is 0 Å². The molecule has 0 unspecified atom stereocenters. The molecule has 1 aromatic heterocycles. The van der Waals surface area contributed by atoms with Gasteiger partial charge in [-0.05, 0) is 0 Å². The number of hydrogen-bond acceptors (Lipinski definition) is 3. The fourth-order valence-corrected chi connectivity index (χ4v) is 0.767. The third-order valence-corrected chi connectivity index (χ3v) is 1.48. The Morgan fingerprint density at radius 3 is 2.83 bits per heavy atom. The summed E-state index contributed by atoms with van der Waals surface area (Å²) in [5.41, 5.74) is -0.293. The lowest BCUT2D eigenvalue weighted by Crippen LogP contribution is -2.30. The second-order valence-corrected chi connectivity index (χ2v) is 2.34.